The van der Waals surface area contributed by atoms with Crippen LogP contribution < -0.4 is 9.47 Å². The number of benzene rings is 4. The quantitative estimate of drug-likeness (QED) is 0.219. The smallest absolute Gasteiger partial charge is 0.293 e. The van der Waals surface area contributed by atoms with Gasteiger partial charge < -0.3 is 9.47 Å². The highest BCUT2D eigenvalue weighted by atomic mass is 35.5. The maximum Gasteiger partial charge on any atom is 0.293 e. The summed E-state index contributed by atoms with van der Waals surface area (Å²) >= 11 is 7.19. The van der Waals surface area contributed by atoms with Gasteiger partial charge in [0.1, 0.15) is 6.61 Å². The molecule has 0 bridgehead atoms. The SMILES string of the molecule is CCOc1cc(/C=C2\SC(=O)N(Cc3cccc4ccccc34)C2=O)ccc1OCc1ccccc1Cl. The van der Waals surface area contributed by atoms with Crippen molar-refractivity contribution in [2.24, 2.45) is 0 Å². The Bertz CT molecular complexity index is 1510. The van der Waals surface area contributed by atoms with Gasteiger partial charge in [0.15, 0.2) is 11.5 Å². The van der Waals surface area contributed by atoms with Crippen LogP contribution in [0.25, 0.3) is 16.8 Å². The number of carbonyl (C=O) groups is 2. The third-order valence-electron chi connectivity index (χ3n) is 5.99. The molecule has 1 saturated heterocycles. The van der Waals surface area contributed by atoms with Crippen molar-refractivity contribution in [2.75, 3.05) is 6.61 Å². The van der Waals surface area contributed by atoms with Crippen LogP contribution in [0.1, 0.15) is 23.6 Å². The van der Waals surface area contributed by atoms with E-state index in [1.807, 2.05) is 85.8 Å². The summed E-state index contributed by atoms with van der Waals surface area (Å²) in [5.74, 6) is 0.821. The Morgan fingerprint density at radius 2 is 1.62 bits per heavy atom. The van der Waals surface area contributed by atoms with Gasteiger partial charge in [-0.1, -0.05) is 78.3 Å². The molecule has 0 aliphatic carbocycles. The monoisotopic (exact) mass is 529 g/mol. The molecule has 7 heteroatoms. The topological polar surface area (TPSA) is 55.8 Å². The van der Waals surface area contributed by atoms with Gasteiger partial charge in [0.25, 0.3) is 11.1 Å². The Morgan fingerprint density at radius 3 is 2.46 bits per heavy atom. The Balaban J connectivity index is 1.35. The lowest BCUT2D eigenvalue weighted by molar-refractivity contribution is -0.123. The molecule has 0 aromatic heterocycles. The molecule has 5 nitrogen and oxygen atoms in total. The van der Waals surface area contributed by atoms with Crippen LogP contribution in [0.15, 0.2) is 89.8 Å². The molecule has 1 heterocycles. The summed E-state index contributed by atoms with van der Waals surface area (Å²) in [5.41, 5.74) is 2.54. The van der Waals surface area contributed by atoms with E-state index in [0.717, 1.165) is 39.2 Å². The van der Waals surface area contributed by atoms with E-state index in [2.05, 4.69) is 0 Å². The van der Waals surface area contributed by atoms with E-state index in [1.54, 1.807) is 12.1 Å². The van der Waals surface area contributed by atoms with E-state index < -0.39 is 0 Å². The molecule has 2 amide bonds. The first kappa shape index (κ1) is 24.9. The Labute approximate surface area is 224 Å². The number of carbonyl (C=O) groups excluding carboxylic acids is 2. The number of rotatable bonds is 8. The first-order valence-electron chi connectivity index (χ1n) is 11.9. The summed E-state index contributed by atoms with van der Waals surface area (Å²) in [5, 5.41) is 2.45. The fourth-order valence-electron chi connectivity index (χ4n) is 4.16. The fourth-order valence-corrected chi connectivity index (χ4v) is 5.19. The number of hydrogen-bond acceptors (Lipinski definition) is 5. The fraction of sp³-hybridized carbons (Fsp3) is 0.133. The first-order chi connectivity index (χ1) is 18.0. The van der Waals surface area contributed by atoms with E-state index in [1.165, 1.54) is 4.90 Å². The number of amides is 2. The standard InChI is InChI=1S/C30H24ClNO4S/c1-2-35-27-16-20(14-15-26(27)36-19-23-9-4-6-13-25(23)31)17-28-29(33)32(30(34)37-28)18-22-11-7-10-21-8-3-5-12-24(21)22/h3-17H,2,18-19H2,1H3/b28-17-. The number of halogens is 1. The summed E-state index contributed by atoms with van der Waals surface area (Å²) in [4.78, 5) is 27.6. The van der Waals surface area contributed by atoms with Gasteiger partial charge in [-0.2, -0.15) is 0 Å². The molecule has 0 atom stereocenters. The number of fused-ring (bicyclic) bond motifs is 1. The van der Waals surface area contributed by atoms with Crippen molar-refractivity contribution < 1.29 is 19.1 Å². The van der Waals surface area contributed by atoms with Gasteiger partial charge in [0.05, 0.1) is 18.1 Å². The van der Waals surface area contributed by atoms with Gasteiger partial charge in [-0.05, 0) is 64.9 Å². The largest absolute Gasteiger partial charge is 0.490 e. The van der Waals surface area contributed by atoms with Crippen molar-refractivity contribution >= 4 is 51.4 Å². The minimum Gasteiger partial charge on any atom is -0.490 e. The number of thioether (sulfide) groups is 1. The van der Waals surface area contributed by atoms with Crippen LogP contribution in [0.2, 0.25) is 5.02 Å². The second-order valence-electron chi connectivity index (χ2n) is 8.43. The van der Waals surface area contributed by atoms with Gasteiger partial charge >= 0.3 is 0 Å². The molecule has 0 radical (unpaired) electrons. The highest BCUT2D eigenvalue weighted by Crippen LogP contribution is 2.36. The molecule has 4 aromatic rings. The minimum atomic E-state index is -0.306. The Morgan fingerprint density at radius 1 is 0.865 bits per heavy atom. The molecule has 1 aliphatic rings. The zero-order valence-corrected chi connectivity index (χ0v) is 21.7. The second kappa shape index (κ2) is 11.1. The molecular formula is C30H24ClNO4S. The van der Waals surface area contributed by atoms with Gasteiger partial charge in [-0.3, -0.25) is 14.5 Å². The number of ether oxygens (including phenoxy) is 2. The van der Waals surface area contributed by atoms with Crippen LogP contribution in [0.5, 0.6) is 11.5 Å². The van der Waals surface area contributed by atoms with E-state index in [4.69, 9.17) is 21.1 Å². The molecule has 1 fully saturated rings. The third-order valence-corrected chi connectivity index (χ3v) is 7.26. The molecule has 37 heavy (non-hydrogen) atoms. The lowest BCUT2D eigenvalue weighted by Crippen LogP contribution is -2.27. The van der Waals surface area contributed by atoms with E-state index in [9.17, 15) is 9.59 Å². The normalized spacial score (nSPS) is 14.5. The van der Waals surface area contributed by atoms with Crippen molar-refractivity contribution in [1.82, 2.24) is 4.90 Å². The van der Waals surface area contributed by atoms with Gasteiger partial charge in [-0.25, -0.2) is 0 Å². The predicted octanol–water partition coefficient (Wildman–Crippen LogP) is 7.71. The summed E-state index contributed by atoms with van der Waals surface area (Å²) in [6.07, 6.45) is 1.72. The number of hydrogen-bond donors (Lipinski definition) is 0. The maximum atomic E-state index is 13.2. The summed E-state index contributed by atoms with van der Waals surface area (Å²) < 4.78 is 11.8. The van der Waals surface area contributed by atoms with Crippen molar-refractivity contribution in [3.8, 4) is 11.5 Å². The van der Waals surface area contributed by atoms with Crippen LogP contribution in [-0.2, 0) is 17.9 Å². The second-order valence-corrected chi connectivity index (χ2v) is 9.83. The van der Waals surface area contributed by atoms with Crippen LogP contribution in [0, 0.1) is 0 Å². The van der Waals surface area contributed by atoms with E-state index >= 15 is 0 Å². The van der Waals surface area contributed by atoms with Gasteiger partial charge in [-0.15, -0.1) is 0 Å². The zero-order chi connectivity index (χ0) is 25.8. The van der Waals surface area contributed by atoms with Crippen LogP contribution in [-0.4, -0.2) is 22.7 Å². The summed E-state index contributed by atoms with van der Waals surface area (Å²) in [6, 6.07) is 26.8. The van der Waals surface area contributed by atoms with Crippen LogP contribution in [0.3, 0.4) is 0 Å². The molecule has 0 unspecified atom stereocenters. The molecule has 186 valence electrons. The molecule has 5 rings (SSSR count). The van der Waals surface area contributed by atoms with Gasteiger partial charge in [0.2, 0.25) is 0 Å². The van der Waals surface area contributed by atoms with Crippen LogP contribution >= 0.6 is 23.4 Å². The highest BCUT2D eigenvalue weighted by Gasteiger charge is 2.35. The predicted molar refractivity (Wildman–Crippen MR) is 149 cm³/mol. The molecule has 4 aromatic carbocycles. The summed E-state index contributed by atoms with van der Waals surface area (Å²) in [6.45, 7) is 2.87. The van der Waals surface area contributed by atoms with Crippen molar-refractivity contribution in [3.63, 3.8) is 0 Å². The van der Waals surface area contributed by atoms with E-state index in [-0.39, 0.29) is 17.7 Å². The zero-order valence-electron chi connectivity index (χ0n) is 20.1. The van der Waals surface area contributed by atoms with E-state index in [0.29, 0.717) is 34.6 Å². The van der Waals surface area contributed by atoms with Crippen LogP contribution in [0.4, 0.5) is 4.79 Å². The lowest BCUT2D eigenvalue weighted by atomic mass is 10.0. The summed E-state index contributed by atoms with van der Waals surface area (Å²) in [7, 11) is 0. The first-order valence-corrected chi connectivity index (χ1v) is 13.1. The van der Waals surface area contributed by atoms with Crippen molar-refractivity contribution in [1.29, 1.82) is 0 Å². The number of nitrogens with zero attached hydrogens (tertiary/aromatic N) is 1. The highest BCUT2D eigenvalue weighted by molar-refractivity contribution is 8.18. The lowest BCUT2D eigenvalue weighted by Gasteiger charge is -2.14. The molecule has 0 N–H and O–H groups in total. The molecule has 0 saturated carbocycles. The van der Waals surface area contributed by atoms with Gasteiger partial charge in [0, 0.05) is 10.6 Å². The average Bonchev–Trinajstić information content (AvgIpc) is 3.16. The molecule has 1 aliphatic heterocycles. The Kier molecular flexibility index (Phi) is 7.49. The Hall–Kier alpha value is -3.74. The van der Waals surface area contributed by atoms with Crippen molar-refractivity contribution in [3.05, 3.63) is 112 Å². The average molecular weight is 530 g/mol. The number of imide groups is 1. The third kappa shape index (κ3) is 5.50. The molecular weight excluding hydrogens is 506 g/mol. The minimum absolute atomic E-state index is 0.225. The molecule has 0 spiro atoms. The van der Waals surface area contributed by atoms with Crippen molar-refractivity contribution in [2.45, 2.75) is 20.1 Å². The maximum absolute atomic E-state index is 13.2.